The number of thiophene rings is 1. The highest BCUT2D eigenvalue weighted by atomic mass is 32.1. The molecule has 0 bridgehead atoms. The summed E-state index contributed by atoms with van der Waals surface area (Å²) in [5.41, 5.74) is 9.27. The molecule has 9 rings (SSSR count). The Balaban J connectivity index is 1.06. The molecule has 0 N–H and O–H groups in total. The molecular weight excluding hydrogens is 577 g/mol. The molecule has 46 heavy (non-hydrogen) atoms. The zero-order valence-electron chi connectivity index (χ0n) is 25.0. The summed E-state index contributed by atoms with van der Waals surface area (Å²) < 4.78 is 2.60. The summed E-state index contributed by atoms with van der Waals surface area (Å²) >= 11 is 1.85. The van der Waals surface area contributed by atoms with Crippen LogP contribution in [0, 0.1) is 0 Å². The zero-order valence-corrected chi connectivity index (χ0v) is 25.8. The van der Waals surface area contributed by atoms with E-state index in [4.69, 9.17) is 0 Å². The van der Waals surface area contributed by atoms with Crippen LogP contribution in [0.1, 0.15) is 0 Å². The molecule has 0 aliphatic rings. The van der Waals surface area contributed by atoms with Crippen LogP contribution < -0.4 is 4.90 Å². The second kappa shape index (κ2) is 11.0. The van der Waals surface area contributed by atoms with E-state index in [9.17, 15) is 0 Å². The van der Waals surface area contributed by atoms with Gasteiger partial charge in [0.05, 0.1) is 5.52 Å². The van der Waals surface area contributed by atoms with Gasteiger partial charge in [-0.3, -0.25) is 4.98 Å². The molecule has 0 saturated heterocycles. The summed E-state index contributed by atoms with van der Waals surface area (Å²) in [6.07, 6.45) is 1.87. The minimum Gasteiger partial charge on any atom is -0.311 e. The smallest absolute Gasteiger partial charge is 0.0709 e. The van der Waals surface area contributed by atoms with E-state index in [-0.39, 0.29) is 0 Å². The van der Waals surface area contributed by atoms with E-state index in [1.54, 1.807) is 0 Å². The predicted molar refractivity (Wildman–Crippen MR) is 198 cm³/mol. The largest absolute Gasteiger partial charge is 0.311 e. The highest BCUT2D eigenvalue weighted by molar-refractivity contribution is 7.26. The maximum atomic E-state index is 4.58. The second-order valence-electron chi connectivity index (χ2n) is 11.6. The van der Waals surface area contributed by atoms with Crippen LogP contribution in [0.15, 0.2) is 170 Å². The summed E-state index contributed by atoms with van der Waals surface area (Å²) in [4.78, 5) is 6.90. The van der Waals surface area contributed by atoms with Gasteiger partial charge < -0.3 is 4.90 Å². The van der Waals surface area contributed by atoms with Gasteiger partial charge in [0.2, 0.25) is 0 Å². The quantitative estimate of drug-likeness (QED) is 0.194. The Morgan fingerprint density at radius 1 is 0.413 bits per heavy atom. The monoisotopic (exact) mass is 604 g/mol. The molecule has 0 atom stereocenters. The van der Waals surface area contributed by atoms with Crippen LogP contribution in [-0.2, 0) is 0 Å². The molecule has 0 unspecified atom stereocenters. The van der Waals surface area contributed by atoms with Crippen LogP contribution >= 0.6 is 11.3 Å². The first-order chi connectivity index (χ1) is 22.8. The molecule has 7 aromatic carbocycles. The van der Waals surface area contributed by atoms with Crippen LogP contribution in [0.25, 0.3) is 64.1 Å². The Bertz CT molecular complexity index is 2510. The van der Waals surface area contributed by atoms with Gasteiger partial charge in [-0.1, -0.05) is 97.1 Å². The molecule has 3 heteroatoms. The van der Waals surface area contributed by atoms with Crippen molar-refractivity contribution in [2.24, 2.45) is 0 Å². The van der Waals surface area contributed by atoms with Gasteiger partial charge in [0.15, 0.2) is 0 Å². The van der Waals surface area contributed by atoms with Crippen LogP contribution in [0.2, 0.25) is 0 Å². The number of nitrogens with zero attached hydrogens (tertiary/aromatic N) is 2. The van der Waals surface area contributed by atoms with Gasteiger partial charge >= 0.3 is 0 Å². The van der Waals surface area contributed by atoms with E-state index < -0.39 is 0 Å². The number of rotatable bonds is 5. The number of benzene rings is 7. The first-order valence-corrected chi connectivity index (χ1v) is 16.4. The van der Waals surface area contributed by atoms with E-state index in [0.717, 1.165) is 22.6 Å². The number of hydrogen-bond donors (Lipinski definition) is 0. The molecule has 0 amide bonds. The minimum absolute atomic E-state index is 1.04. The highest BCUT2D eigenvalue weighted by Crippen LogP contribution is 2.41. The standard InChI is InChI=1S/C43H28N2S/c1-2-9-35(10-3-1)45(36-19-14-30(15-20-36)33-13-12-29-7-4-5-8-32(29)27-33)37-21-16-31(17-22-37)34-18-23-39-42(28-34)46-41-25-24-40-38(43(39)41)11-6-26-44-40/h1-28H. The lowest BCUT2D eigenvalue weighted by Gasteiger charge is -2.26. The number of aromatic nitrogens is 1. The van der Waals surface area contributed by atoms with Crippen molar-refractivity contribution < 1.29 is 0 Å². The number of fused-ring (bicyclic) bond motifs is 6. The minimum atomic E-state index is 1.04. The van der Waals surface area contributed by atoms with E-state index in [1.165, 1.54) is 58.6 Å². The Hall–Kier alpha value is -5.77. The Kier molecular flexibility index (Phi) is 6.36. The Morgan fingerprint density at radius 2 is 1.04 bits per heavy atom. The molecule has 0 aliphatic heterocycles. The second-order valence-corrected chi connectivity index (χ2v) is 12.7. The lowest BCUT2D eigenvalue weighted by Crippen LogP contribution is -2.09. The number of pyridine rings is 1. The molecule has 2 heterocycles. The van der Waals surface area contributed by atoms with Crippen molar-refractivity contribution in [3.05, 3.63) is 170 Å². The Morgan fingerprint density at radius 3 is 1.80 bits per heavy atom. The first-order valence-electron chi connectivity index (χ1n) is 15.5. The van der Waals surface area contributed by atoms with E-state index in [1.807, 2.05) is 23.6 Å². The van der Waals surface area contributed by atoms with Gasteiger partial charge in [0.1, 0.15) is 0 Å². The predicted octanol–water partition coefficient (Wildman–Crippen LogP) is 12.6. The topological polar surface area (TPSA) is 16.1 Å². The van der Waals surface area contributed by atoms with Crippen molar-refractivity contribution in [2.75, 3.05) is 4.90 Å². The van der Waals surface area contributed by atoms with Gasteiger partial charge in [-0.15, -0.1) is 11.3 Å². The van der Waals surface area contributed by atoms with Crippen molar-refractivity contribution in [3.8, 4) is 22.3 Å². The summed E-state index contributed by atoms with van der Waals surface area (Å²) in [6.45, 7) is 0. The fourth-order valence-corrected chi connectivity index (χ4v) is 7.77. The number of hydrogen-bond acceptors (Lipinski definition) is 3. The number of para-hydroxylation sites is 1. The number of anilines is 3. The molecule has 0 radical (unpaired) electrons. The molecule has 0 fully saturated rings. The van der Waals surface area contributed by atoms with Crippen LogP contribution in [-0.4, -0.2) is 4.98 Å². The van der Waals surface area contributed by atoms with E-state index >= 15 is 0 Å². The van der Waals surface area contributed by atoms with Gasteiger partial charge in [0, 0.05) is 48.8 Å². The van der Waals surface area contributed by atoms with Crippen molar-refractivity contribution in [3.63, 3.8) is 0 Å². The van der Waals surface area contributed by atoms with E-state index in [2.05, 4.69) is 168 Å². The molecule has 2 aromatic heterocycles. The zero-order chi connectivity index (χ0) is 30.5. The third kappa shape index (κ3) is 4.61. The van der Waals surface area contributed by atoms with Gasteiger partial charge in [0.25, 0.3) is 0 Å². The van der Waals surface area contributed by atoms with Crippen LogP contribution in [0.4, 0.5) is 17.1 Å². The lowest BCUT2D eigenvalue weighted by atomic mass is 10.0. The fourth-order valence-electron chi connectivity index (χ4n) is 6.61. The third-order valence-electron chi connectivity index (χ3n) is 8.90. The highest BCUT2D eigenvalue weighted by Gasteiger charge is 2.14. The third-order valence-corrected chi connectivity index (χ3v) is 10.0. The molecule has 0 saturated carbocycles. The average Bonchev–Trinajstić information content (AvgIpc) is 3.51. The van der Waals surface area contributed by atoms with Crippen LogP contribution in [0.5, 0.6) is 0 Å². The van der Waals surface area contributed by atoms with Crippen molar-refractivity contribution >= 4 is 70.2 Å². The van der Waals surface area contributed by atoms with Crippen molar-refractivity contribution in [1.82, 2.24) is 4.98 Å². The maximum Gasteiger partial charge on any atom is 0.0709 e. The van der Waals surface area contributed by atoms with Crippen LogP contribution in [0.3, 0.4) is 0 Å². The average molecular weight is 605 g/mol. The summed E-state index contributed by atoms with van der Waals surface area (Å²) in [7, 11) is 0. The fraction of sp³-hybridized carbons (Fsp3) is 0. The first kappa shape index (κ1) is 26.6. The molecule has 0 spiro atoms. The van der Waals surface area contributed by atoms with Gasteiger partial charge in [-0.25, -0.2) is 0 Å². The summed E-state index contributed by atoms with van der Waals surface area (Å²) in [5.74, 6) is 0. The molecular formula is C43H28N2S. The van der Waals surface area contributed by atoms with E-state index in [0.29, 0.717) is 0 Å². The van der Waals surface area contributed by atoms with Crippen molar-refractivity contribution in [1.29, 1.82) is 0 Å². The lowest BCUT2D eigenvalue weighted by molar-refractivity contribution is 1.28. The van der Waals surface area contributed by atoms with Gasteiger partial charge in [-0.2, -0.15) is 0 Å². The molecule has 9 aromatic rings. The molecule has 0 aliphatic carbocycles. The van der Waals surface area contributed by atoms with Crippen molar-refractivity contribution in [2.45, 2.75) is 0 Å². The Labute approximate surface area is 271 Å². The normalized spacial score (nSPS) is 11.5. The summed E-state index contributed by atoms with van der Waals surface area (Å²) in [5, 5.41) is 6.33. The summed E-state index contributed by atoms with van der Waals surface area (Å²) in [6, 6.07) is 59.0. The SMILES string of the molecule is c1ccc(N(c2ccc(-c3ccc4ccccc4c3)cc2)c2ccc(-c3ccc4c(c3)sc3ccc5ncccc5c34)cc2)cc1. The maximum absolute atomic E-state index is 4.58. The molecule has 2 nitrogen and oxygen atoms in total. The molecule has 216 valence electrons. The van der Waals surface area contributed by atoms with Gasteiger partial charge in [-0.05, 0) is 99.8 Å².